The summed E-state index contributed by atoms with van der Waals surface area (Å²) in [6.45, 7) is 7.78. The van der Waals surface area contributed by atoms with Gasteiger partial charge in [-0.1, -0.05) is 165 Å². The normalized spacial score (nSPS) is 16.1. The molecule has 0 saturated carbocycles. The second kappa shape index (κ2) is 17.1. The maximum atomic E-state index is 17.0. The summed E-state index contributed by atoms with van der Waals surface area (Å²) in [6.07, 6.45) is 3.24. The van der Waals surface area contributed by atoms with Crippen molar-refractivity contribution in [1.82, 2.24) is 0 Å². The highest BCUT2D eigenvalue weighted by Crippen LogP contribution is 2.61. The van der Waals surface area contributed by atoms with Gasteiger partial charge in [-0.15, -0.1) is 0 Å². The number of hydrogen-bond donors (Lipinski definition) is 0. The minimum atomic E-state index is -1.98. The molecule has 1 aromatic heterocycles. The third-order valence-corrected chi connectivity index (χ3v) is 15.4. The van der Waals surface area contributed by atoms with Crippen molar-refractivity contribution in [1.29, 1.82) is 0 Å². The zero-order valence-corrected chi connectivity index (χ0v) is 39.8. The van der Waals surface area contributed by atoms with Crippen molar-refractivity contribution in [2.45, 2.75) is 10.8 Å². The Bertz CT molecular complexity index is 4060. The van der Waals surface area contributed by atoms with Crippen LogP contribution in [0.15, 0.2) is 206 Å². The van der Waals surface area contributed by atoms with Crippen LogP contribution in [-0.4, -0.2) is 0 Å². The van der Waals surface area contributed by atoms with Gasteiger partial charge < -0.3 is 9.32 Å². The predicted molar refractivity (Wildman–Crippen MR) is 283 cm³/mol. The van der Waals surface area contributed by atoms with Crippen LogP contribution < -0.4 is 4.90 Å². The molecule has 10 heteroatoms. The summed E-state index contributed by atoms with van der Waals surface area (Å²) in [5.41, 5.74) is 4.05. The molecule has 2 atom stereocenters. The van der Waals surface area contributed by atoms with Gasteiger partial charge in [0.05, 0.1) is 16.5 Å². The summed E-state index contributed by atoms with van der Waals surface area (Å²) in [5, 5.41) is 1.55. The smallest absolute Gasteiger partial charge is 0.197 e. The fourth-order valence-corrected chi connectivity index (χ4v) is 12.1. The highest BCUT2D eigenvalue weighted by Gasteiger charge is 2.51. The van der Waals surface area contributed by atoms with Crippen molar-refractivity contribution in [3.05, 3.63) is 303 Å². The fourth-order valence-electron chi connectivity index (χ4n) is 12.1. The van der Waals surface area contributed by atoms with Gasteiger partial charge in [-0.3, -0.25) is 0 Å². The highest BCUT2D eigenvalue weighted by atomic mass is 19.2. The van der Waals surface area contributed by atoms with Gasteiger partial charge in [-0.05, 0) is 115 Å². The summed E-state index contributed by atoms with van der Waals surface area (Å²) in [4.78, 5) is 1.87. The van der Waals surface area contributed by atoms with E-state index < -0.39 is 68.5 Å². The zero-order valence-electron chi connectivity index (χ0n) is 39.8. The molecule has 0 fully saturated rings. The van der Waals surface area contributed by atoms with E-state index in [1.807, 2.05) is 83.8 Å². The van der Waals surface area contributed by atoms with Crippen LogP contribution in [0, 0.1) is 46.5 Å². The molecule has 368 valence electrons. The van der Waals surface area contributed by atoms with Crippen molar-refractivity contribution < 1.29 is 39.5 Å². The summed E-state index contributed by atoms with van der Waals surface area (Å²) in [6, 6.07) is 53.6. The van der Waals surface area contributed by atoms with E-state index in [-0.39, 0.29) is 0 Å². The van der Waals surface area contributed by atoms with Gasteiger partial charge in [0.15, 0.2) is 52.1 Å². The summed E-state index contributed by atoms with van der Waals surface area (Å²) >= 11 is 0. The summed E-state index contributed by atoms with van der Waals surface area (Å²) < 4.78 is 134. The Hall–Kier alpha value is -9.28. The fraction of sp³-hybridized carbons (Fsp3) is 0.0303. The Morgan fingerprint density at radius 1 is 0.368 bits per heavy atom. The van der Waals surface area contributed by atoms with Gasteiger partial charge >= 0.3 is 0 Å². The van der Waals surface area contributed by atoms with Crippen LogP contribution in [0.1, 0.15) is 55.6 Å². The molecule has 0 aliphatic heterocycles. The standard InChI is InChI=1S/C66H37F8NO/c1-3-36-20-24-38(25-21-36)65(52-34-54(67)60(71)62(73)58(52)69)48-16-8-5-12-42(48)44-30-28-40(32-50(44)65)75(56-18-11-15-47-46-14-7-10-19-57(46)76-64(47)56)41-29-31-45-43-13-6-9-17-49(43)66(51(45)33-41,39-26-22-37(4-2)23-27-39)53-35-55(68)61(72)63(74)59(53)70/h3-35H,1-2H2. The highest BCUT2D eigenvalue weighted by molar-refractivity contribution is 6.10. The van der Waals surface area contributed by atoms with Crippen LogP contribution >= 0.6 is 0 Å². The number of fused-ring (bicyclic) bond motifs is 9. The predicted octanol–water partition coefficient (Wildman–Crippen LogP) is 18.2. The number of rotatable bonds is 9. The minimum absolute atomic E-state index is 0.383. The van der Waals surface area contributed by atoms with Gasteiger partial charge in [-0.2, -0.15) is 0 Å². The van der Waals surface area contributed by atoms with Gasteiger partial charge in [0.2, 0.25) is 0 Å². The SMILES string of the molecule is C=Cc1ccc(C2(c3cc(F)c(F)c(F)c3F)c3ccccc3-c3ccc(N(c4ccc5c(c4)C(c4ccc(C=C)cc4)(c4cc(F)c(F)c(F)c4F)c4ccccc4-5)c4cccc5c4oc4ccccc45)cc32)cc1. The van der Waals surface area contributed by atoms with E-state index >= 15 is 35.1 Å². The number of benzene rings is 10. The third-order valence-electron chi connectivity index (χ3n) is 15.4. The first-order chi connectivity index (χ1) is 36.9. The monoisotopic (exact) mass is 1010 g/mol. The summed E-state index contributed by atoms with van der Waals surface area (Å²) in [7, 11) is 0. The van der Waals surface area contributed by atoms with E-state index in [1.54, 1.807) is 109 Å². The Labute approximate surface area is 430 Å². The first kappa shape index (κ1) is 46.5. The summed E-state index contributed by atoms with van der Waals surface area (Å²) in [5.74, 6) is -14.2. The largest absolute Gasteiger partial charge is 0.454 e. The quantitative estimate of drug-likeness (QED) is 0.0814. The van der Waals surface area contributed by atoms with Crippen LogP contribution in [0.3, 0.4) is 0 Å². The number of anilines is 3. The topological polar surface area (TPSA) is 16.4 Å². The van der Waals surface area contributed by atoms with E-state index in [4.69, 9.17) is 4.42 Å². The minimum Gasteiger partial charge on any atom is -0.454 e. The Kier molecular flexibility index (Phi) is 10.5. The first-order valence-corrected chi connectivity index (χ1v) is 24.2. The lowest BCUT2D eigenvalue weighted by molar-refractivity contribution is 0.399. The van der Waals surface area contributed by atoms with Crippen LogP contribution in [0.25, 0.3) is 56.3 Å². The van der Waals surface area contributed by atoms with Crippen LogP contribution in [0.5, 0.6) is 0 Å². The van der Waals surface area contributed by atoms with E-state index in [0.29, 0.717) is 107 Å². The Balaban J connectivity index is 1.15. The molecule has 2 nitrogen and oxygen atoms in total. The second-order valence-corrected chi connectivity index (χ2v) is 19.0. The molecule has 2 aliphatic carbocycles. The molecule has 0 radical (unpaired) electrons. The number of hydrogen-bond acceptors (Lipinski definition) is 2. The number of nitrogens with zero attached hydrogens (tertiary/aromatic N) is 1. The van der Waals surface area contributed by atoms with Crippen LogP contribution in [-0.2, 0) is 10.8 Å². The molecule has 0 spiro atoms. The molecule has 13 rings (SSSR count). The molecule has 2 unspecified atom stereocenters. The number of halogens is 8. The lowest BCUT2D eigenvalue weighted by Crippen LogP contribution is -2.31. The Morgan fingerprint density at radius 2 is 0.803 bits per heavy atom. The molecule has 76 heavy (non-hydrogen) atoms. The van der Waals surface area contributed by atoms with Gasteiger partial charge in [0.25, 0.3) is 0 Å². The number of para-hydroxylation sites is 2. The van der Waals surface area contributed by atoms with Crippen molar-refractivity contribution in [3.8, 4) is 22.3 Å². The van der Waals surface area contributed by atoms with E-state index in [1.165, 1.54) is 0 Å². The first-order valence-electron chi connectivity index (χ1n) is 24.2. The van der Waals surface area contributed by atoms with Crippen molar-refractivity contribution in [2.75, 3.05) is 4.90 Å². The van der Waals surface area contributed by atoms with Crippen molar-refractivity contribution >= 4 is 51.2 Å². The molecule has 11 aromatic rings. The molecule has 0 bridgehead atoms. The molecule has 2 aliphatic rings. The molecule has 0 amide bonds. The van der Waals surface area contributed by atoms with Gasteiger partial charge in [0.1, 0.15) is 5.58 Å². The van der Waals surface area contributed by atoms with Crippen molar-refractivity contribution in [2.24, 2.45) is 0 Å². The third kappa shape index (κ3) is 6.33. The molecular formula is C66H37F8NO. The molecule has 1 heterocycles. The van der Waals surface area contributed by atoms with Crippen LogP contribution in [0.2, 0.25) is 0 Å². The lowest BCUT2D eigenvalue weighted by Gasteiger charge is -2.36. The average Bonchev–Trinajstić information content (AvgIpc) is 4.30. The second-order valence-electron chi connectivity index (χ2n) is 19.0. The maximum Gasteiger partial charge on any atom is 0.197 e. The zero-order chi connectivity index (χ0) is 52.4. The molecule has 0 N–H and O–H groups in total. The van der Waals surface area contributed by atoms with E-state index in [0.717, 1.165) is 10.8 Å². The molecule has 10 aromatic carbocycles. The van der Waals surface area contributed by atoms with Crippen LogP contribution in [0.4, 0.5) is 52.2 Å². The number of furan rings is 1. The van der Waals surface area contributed by atoms with Crippen molar-refractivity contribution in [3.63, 3.8) is 0 Å². The van der Waals surface area contributed by atoms with E-state index in [2.05, 4.69) is 13.2 Å². The average molecular weight is 1010 g/mol. The Morgan fingerprint density at radius 3 is 1.29 bits per heavy atom. The molecule has 0 saturated heterocycles. The maximum absolute atomic E-state index is 17.0. The van der Waals surface area contributed by atoms with Gasteiger partial charge in [-0.25, -0.2) is 35.1 Å². The van der Waals surface area contributed by atoms with E-state index in [9.17, 15) is 0 Å². The van der Waals surface area contributed by atoms with Gasteiger partial charge in [0, 0.05) is 33.3 Å². The molecular weight excluding hydrogens is 975 g/mol. The lowest BCUT2D eigenvalue weighted by atomic mass is 9.67.